The molecule has 3 rings (SSSR count). The molecule has 0 heterocycles. The molecule has 0 aliphatic heterocycles. The van der Waals surface area contributed by atoms with E-state index in [0.717, 1.165) is 15.1 Å². The van der Waals surface area contributed by atoms with E-state index in [4.69, 9.17) is 0 Å². The van der Waals surface area contributed by atoms with E-state index in [2.05, 4.69) is 0 Å². The summed E-state index contributed by atoms with van der Waals surface area (Å²) in [6.07, 6.45) is 0. The Labute approximate surface area is 146 Å². The van der Waals surface area contributed by atoms with Crippen LogP contribution in [0.3, 0.4) is 0 Å². The molecule has 6 heteroatoms. The van der Waals surface area contributed by atoms with Crippen LogP contribution in [0.2, 0.25) is 0 Å². The summed E-state index contributed by atoms with van der Waals surface area (Å²) in [4.78, 5) is 11.2. The summed E-state index contributed by atoms with van der Waals surface area (Å²) in [5, 5.41) is 11.2. The largest absolute Gasteiger partial charge is 0.478 e. The van der Waals surface area contributed by atoms with Crippen molar-refractivity contribution in [1.82, 2.24) is 0 Å². The van der Waals surface area contributed by atoms with Gasteiger partial charge in [0, 0.05) is 7.05 Å². The van der Waals surface area contributed by atoms with E-state index in [9.17, 15) is 18.3 Å². The van der Waals surface area contributed by atoms with Crippen LogP contribution in [0.5, 0.6) is 0 Å². The third-order valence-corrected chi connectivity index (χ3v) is 5.98. The highest BCUT2D eigenvalue weighted by Gasteiger charge is 2.23. The maximum Gasteiger partial charge on any atom is 0.335 e. The molecular formula is C19H17NO4S. The lowest BCUT2D eigenvalue weighted by molar-refractivity contribution is 0.0696. The number of anilines is 1. The molecule has 25 heavy (non-hydrogen) atoms. The van der Waals surface area contributed by atoms with Gasteiger partial charge in [-0.15, -0.1) is 0 Å². The quantitative estimate of drug-likeness (QED) is 0.775. The van der Waals surface area contributed by atoms with E-state index >= 15 is 0 Å². The van der Waals surface area contributed by atoms with Gasteiger partial charge in [0.25, 0.3) is 10.0 Å². The second-order valence-electron chi connectivity index (χ2n) is 5.79. The zero-order valence-electron chi connectivity index (χ0n) is 13.8. The Morgan fingerprint density at radius 1 is 0.960 bits per heavy atom. The molecule has 5 nitrogen and oxygen atoms in total. The van der Waals surface area contributed by atoms with E-state index < -0.39 is 16.0 Å². The maximum atomic E-state index is 12.9. The minimum Gasteiger partial charge on any atom is -0.478 e. The van der Waals surface area contributed by atoms with Gasteiger partial charge >= 0.3 is 5.97 Å². The zero-order valence-corrected chi connectivity index (χ0v) is 14.6. The second kappa shape index (κ2) is 6.22. The first-order chi connectivity index (χ1) is 11.8. The average Bonchev–Trinajstić information content (AvgIpc) is 2.60. The number of carboxylic acids is 1. The molecule has 1 N–H and O–H groups in total. The SMILES string of the molecule is Cc1ccc(S(=O)(=O)N(C)c2ccc3ccccc3c2)cc1C(=O)O. The zero-order chi connectivity index (χ0) is 18.2. The lowest BCUT2D eigenvalue weighted by Crippen LogP contribution is -2.26. The number of hydrogen-bond acceptors (Lipinski definition) is 3. The number of aromatic carboxylic acids is 1. The molecule has 0 unspecified atom stereocenters. The highest BCUT2D eigenvalue weighted by molar-refractivity contribution is 7.92. The number of rotatable bonds is 4. The van der Waals surface area contributed by atoms with Gasteiger partial charge < -0.3 is 5.11 Å². The first-order valence-corrected chi connectivity index (χ1v) is 9.06. The molecule has 0 bridgehead atoms. The minimum absolute atomic E-state index is 0.0204. The van der Waals surface area contributed by atoms with Crippen LogP contribution in [0.15, 0.2) is 65.6 Å². The minimum atomic E-state index is -3.86. The fourth-order valence-corrected chi connectivity index (χ4v) is 3.88. The van der Waals surface area contributed by atoms with Crippen LogP contribution < -0.4 is 4.31 Å². The highest BCUT2D eigenvalue weighted by Crippen LogP contribution is 2.27. The van der Waals surface area contributed by atoms with Crippen molar-refractivity contribution < 1.29 is 18.3 Å². The highest BCUT2D eigenvalue weighted by atomic mass is 32.2. The van der Waals surface area contributed by atoms with E-state index in [1.165, 1.54) is 25.2 Å². The summed E-state index contributed by atoms with van der Waals surface area (Å²) in [7, 11) is -2.41. The van der Waals surface area contributed by atoms with Crippen molar-refractivity contribution in [2.24, 2.45) is 0 Å². The topological polar surface area (TPSA) is 74.7 Å². The van der Waals surface area contributed by atoms with E-state index in [1.54, 1.807) is 19.1 Å². The van der Waals surface area contributed by atoms with Crippen LogP contribution in [0.25, 0.3) is 10.8 Å². The van der Waals surface area contributed by atoms with Crippen molar-refractivity contribution in [2.75, 3.05) is 11.4 Å². The Morgan fingerprint density at radius 2 is 1.64 bits per heavy atom. The Balaban J connectivity index is 2.06. The van der Waals surface area contributed by atoms with Crippen molar-refractivity contribution in [3.8, 4) is 0 Å². The molecule has 0 atom stereocenters. The Kier molecular flexibility index (Phi) is 4.22. The predicted molar refractivity (Wildman–Crippen MR) is 97.7 cm³/mol. The number of nitrogens with zero attached hydrogens (tertiary/aromatic N) is 1. The third-order valence-electron chi connectivity index (χ3n) is 4.19. The van der Waals surface area contributed by atoms with E-state index in [0.29, 0.717) is 11.3 Å². The van der Waals surface area contributed by atoms with Crippen molar-refractivity contribution >= 4 is 32.5 Å². The Morgan fingerprint density at radius 3 is 2.32 bits per heavy atom. The summed E-state index contributed by atoms with van der Waals surface area (Å²) < 4.78 is 26.9. The Hall–Kier alpha value is -2.86. The second-order valence-corrected chi connectivity index (χ2v) is 7.76. The first-order valence-electron chi connectivity index (χ1n) is 7.62. The first kappa shape index (κ1) is 17.0. The lowest BCUT2D eigenvalue weighted by atomic mass is 10.1. The summed E-state index contributed by atoms with van der Waals surface area (Å²) in [6.45, 7) is 1.63. The monoisotopic (exact) mass is 355 g/mol. The van der Waals surface area contributed by atoms with Gasteiger partial charge in [-0.2, -0.15) is 0 Å². The Bertz CT molecular complexity index is 1070. The van der Waals surface area contributed by atoms with Crippen molar-refractivity contribution in [3.05, 3.63) is 71.8 Å². The molecule has 0 spiro atoms. The number of aryl methyl sites for hydroxylation is 1. The van der Waals surface area contributed by atoms with Crippen LogP contribution in [0, 0.1) is 6.92 Å². The van der Waals surface area contributed by atoms with Gasteiger partial charge in [0.15, 0.2) is 0 Å². The molecule has 0 aliphatic rings. The van der Waals surface area contributed by atoms with Gasteiger partial charge in [-0.25, -0.2) is 13.2 Å². The summed E-state index contributed by atoms with van der Waals surface area (Å²) >= 11 is 0. The number of sulfonamides is 1. The van der Waals surface area contributed by atoms with Crippen molar-refractivity contribution in [1.29, 1.82) is 0 Å². The number of fused-ring (bicyclic) bond motifs is 1. The number of carbonyl (C=O) groups is 1. The number of hydrogen-bond donors (Lipinski definition) is 1. The standard InChI is InChI=1S/C19H17NO4S/c1-13-7-10-17(12-18(13)19(21)22)25(23,24)20(2)16-9-8-14-5-3-4-6-15(14)11-16/h3-12H,1-2H3,(H,21,22). The molecule has 0 aromatic heterocycles. The average molecular weight is 355 g/mol. The lowest BCUT2D eigenvalue weighted by Gasteiger charge is -2.20. The fourth-order valence-electron chi connectivity index (χ4n) is 2.66. The maximum absolute atomic E-state index is 12.9. The van der Waals surface area contributed by atoms with Crippen LogP contribution in [-0.4, -0.2) is 26.5 Å². The molecule has 0 aliphatic carbocycles. The van der Waals surface area contributed by atoms with Gasteiger partial charge in [0.1, 0.15) is 0 Å². The van der Waals surface area contributed by atoms with Crippen molar-refractivity contribution in [3.63, 3.8) is 0 Å². The van der Waals surface area contributed by atoms with Gasteiger partial charge in [-0.3, -0.25) is 4.31 Å². The molecule has 0 amide bonds. The molecule has 128 valence electrons. The fraction of sp³-hybridized carbons (Fsp3) is 0.105. The van der Waals surface area contributed by atoms with Crippen LogP contribution in [0.1, 0.15) is 15.9 Å². The summed E-state index contributed by atoms with van der Waals surface area (Å²) in [5.74, 6) is -1.15. The molecule has 3 aromatic rings. The normalized spacial score (nSPS) is 11.4. The van der Waals surface area contributed by atoms with Gasteiger partial charge in [0.05, 0.1) is 16.1 Å². The van der Waals surface area contributed by atoms with Crippen LogP contribution in [0.4, 0.5) is 5.69 Å². The predicted octanol–water partition coefficient (Wildman–Crippen LogP) is 3.67. The van der Waals surface area contributed by atoms with Crippen LogP contribution in [-0.2, 0) is 10.0 Å². The van der Waals surface area contributed by atoms with Crippen molar-refractivity contribution in [2.45, 2.75) is 11.8 Å². The van der Waals surface area contributed by atoms with E-state index in [-0.39, 0.29) is 10.5 Å². The molecule has 0 radical (unpaired) electrons. The smallest absolute Gasteiger partial charge is 0.335 e. The summed E-state index contributed by atoms with van der Waals surface area (Å²) in [5.41, 5.74) is 1.00. The summed E-state index contributed by atoms with van der Waals surface area (Å²) in [6, 6.07) is 17.2. The van der Waals surface area contributed by atoms with Gasteiger partial charge in [-0.1, -0.05) is 36.4 Å². The van der Waals surface area contributed by atoms with Gasteiger partial charge in [-0.05, 0) is 47.5 Å². The molecular weight excluding hydrogens is 338 g/mol. The van der Waals surface area contributed by atoms with E-state index in [1.807, 2.05) is 30.3 Å². The number of benzene rings is 3. The molecule has 0 saturated carbocycles. The van der Waals surface area contributed by atoms with Gasteiger partial charge in [0.2, 0.25) is 0 Å². The third kappa shape index (κ3) is 3.08. The molecule has 0 fully saturated rings. The number of carboxylic acid groups (broad SMARTS) is 1. The molecule has 0 saturated heterocycles. The molecule has 3 aromatic carbocycles. The van der Waals surface area contributed by atoms with Crippen LogP contribution >= 0.6 is 0 Å².